The lowest BCUT2D eigenvalue weighted by atomic mass is 9.97. The van der Waals surface area contributed by atoms with Crippen LogP contribution in [0.15, 0.2) is 58.6 Å². The maximum absolute atomic E-state index is 12.0. The van der Waals surface area contributed by atoms with Gasteiger partial charge in [0.1, 0.15) is 11.7 Å². The molecule has 122 valence electrons. The van der Waals surface area contributed by atoms with Crippen molar-refractivity contribution in [3.8, 4) is 5.75 Å². The number of hydrogen-bond donors (Lipinski definition) is 1. The van der Waals surface area contributed by atoms with E-state index in [2.05, 4.69) is 15.3 Å². The minimum absolute atomic E-state index is 0.124. The number of amidine groups is 1. The largest absolute Gasteiger partial charge is 0.497 e. The molecule has 0 saturated carbocycles. The van der Waals surface area contributed by atoms with Crippen LogP contribution in [0.1, 0.15) is 0 Å². The summed E-state index contributed by atoms with van der Waals surface area (Å²) >= 11 is 1.14. The first-order chi connectivity index (χ1) is 11.7. The molecule has 2 amide bonds. The minimum Gasteiger partial charge on any atom is -0.497 e. The summed E-state index contributed by atoms with van der Waals surface area (Å²) < 4.78 is 5.06. The fraction of sp³-hybridized carbons (Fsp3) is 0.176. The first-order valence-corrected chi connectivity index (χ1v) is 8.27. The van der Waals surface area contributed by atoms with Crippen molar-refractivity contribution in [3.63, 3.8) is 0 Å². The molecule has 24 heavy (non-hydrogen) atoms. The van der Waals surface area contributed by atoms with Gasteiger partial charge in [0.05, 0.1) is 18.6 Å². The van der Waals surface area contributed by atoms with Crippen molar-refractivity contribution in [2.24, 2.45) is 15.9 Å². The van der Waals surface area contributed by atoms with E-state index >= 15 is 0 Å². The van der Waals surface area contributed by atoms with E-state index < -0.39 is 5.92 Å². The third kappa shape index (κ3) is 3.80. The maximum atomic E-state index is 12.0. The molecule has 1 aliphatic heterocycles. The zero-order chi connectivity index (χ0) is 16.9. The topological polar surface area (TPSA) is 80.1 Å². The average Bonchev–Trinajstić information content (AvgIpc) is 2.61. The number of ether oxygens (including phenoxy) is 1. The summed E-state index contributed by atoms with van der Waals surface area (Å²) in [5, 5.41) is 3.09. The van der Waals surface area contributed by atoms with Crippen LogP contribution >= 0.6 is 11.8 Å². The molecule has 0 saturated heterocycles. The summed E-state index contributed by atoms with van der Waals surface area (Å²) in [5.74, 6) is 0.00403. The van der Waals surface area contributed by atoms with Crippen LogP contribution in [-0.2, 0) is 9.59 Å². The Morgan fingerprint density at radius 1 is 1.25 bits per heavy atom. The molecule has 0 radical (unpaired) electrons. The summed E-state index contributed by atoms with van der Waals surface area (Å²) in [5.41, 5.74) is 1.34. The number of aliphatic imine (C=N–C) groups is 2. The number of anilines is 1. The smallest absolute Gasteiger partial charge is 0.261 e. The quantitative estimate of drug-likeness (QED) is 0.912. The van der Waals surface area contributed by atoms with E-state index in [-0.39, 0.29) is 17.6 Å². The number of carbonyl (C=O) groups excluding carboxylic acids is 2. The second kappa shape index (κ2) is 7.27. The number of carbonyl (C=O) groups is 2. The Balaban J connectivity index is 1.56. The summed E-state index contributed by atoms with van der Waals surface area (Å²) in [6.45, 7) is 0. The molecule has 3 rings (SSSR count). The van der Waals surface area contributed by atoms with Gasteiger partial charge in [-0.15, -0.1) is 0 Å². The molecular formula is C17H15N3O3S. The summed E-state index contributed by atoms with van der Waals surface area (Å²) in [6, 6.07) is 7.05. The molecular weight excluding hydrogens is 326 g/mol. The molecule has 1 aromatic carbocycles. The van der Waals surface area contributed by atoms with Crippen LogP contribution in [-0.4, -0.2) is 35.6 Å². The highest BCUT2D eigenvalue weighted by Gasteiger charge is 2.26. The first kappa shape index (κ1) is 16.2. The van der Waals surface area contributed by atoms with Crippen LogP contribution in [0.3, 0.4) is 0 Å². The highest BCUT2D eigenvalue weighted by Crippen LogP contribution is 2.20. The van der Waals surface area contributed by atoms with Crippen molar-refractivity contribution in [1.29, 1.82) is 0 Å². The Morgan fingerprint density at radius 3 is 2.79 bits per heavy atom. The number of fused-ring (bicyclic) bond motifs is 1. The molecule has 7 heteroatoms. The van der Waals surface area contributed by atoms with Gasteiger partial charge in [-0.2, -0.15) is 4.99 Å². The van der Waals surface area contributed by atoms with Crippen molar-refractivity contribution in [2.45, 2.75) is 0 Å². The lowest BCUT2D eigenvalue weighted by molar-refractivity contribution is -0.118. The van der Waals surface area contributed by atoms with Gasteiger partial charge in [-0.3, -0.25) is 9.59 Å². The lowest BCUT2D eigenvalue weighted by Gasteiger charge is -2.17. The van der Waals surface area contributed by atoms with Crippen molar-refractivity contribution in [1.82, 2.24) is 0 Å². The molecule has 1 aromatic rings. The van der Waals surface area contributed by atoms with E-state index in [0.717, 1.165) is 17.5 Å². The molecule has 0 aromatic heterocycles. The van der Waals surface area contributed by atoms with Gasteiger partial charge in [0.2, 0.25) is 5.91 Å². The Morgan fingerprint density at radius 2 is 2.04 bits per heavy atom. The monoisotopic (exact) mass is 341 g/mol. The zero-order valence-electron chi connectivity index (χ0n) is 12.9. The number of nitrogens with zero attached hydrogens (tertiary/aromatic N) is 2. The Hall–Kier alpha value is -2.67. The predicted molar refractivity (Wildman–Crippen MR) is 95.7 cm³/mol. The van der Waals surface area contributed by atoms with Crippen molar-refractivity contribution in [3.05, 3.63) is 48.6 Å². The van der Waals surface area contributed by atoms with Crippen LogP contribution in [0.2, 0.25) is 0 Å². The van der Waals surface area contributed by atoms with E-state index in [1.54, 1.807) is 49.6 Å². The number of hydrogen-bond acceptors (Lipinski definition) is 5. The van der Waals surface area contributed by atoms with Gasteiger partial charge in [-0.25, -0.2) is 4.99 Å². The van der Waals surface area contributed by atoms with Gasteiger partial charge in [0, 0.05) is 5.69 Å². The normalized spacial score (nSPS) is 18.5. The van der Waals surface area contributed by atoms with E-state index in [1.165, 1.54) is 0 Å². The first-order valence-electron chi connectivity index (χ1n) is 7.28. The number of amides is 2. The van der Waals surface area contributed by atoms with Gasteiger partial charge in [0.25, 0.3) is 5.91 Å². The Kier molecular flexibility index (Phi) is 4.90. The Labute approximate surface area is 143 Å². The van der Waals surface area contributed by atoms with Gasteiger partial charge < -0.3 is 10.1 Å². The summed E-state index contributed by atoms with van der Waals surface area (Å²) in [4.78, 5) is 32.2. The fourth-order valence-corrected chi connectivity index (χ4v) is 2.87. The molecule has 1 atom stereocenters. The van der Waals surface area contributed by atoms with Gasteiger partial charge in [-0.05, 0) is 30.3 Å². The van der Waals surface area contributed by atoms with Crippen molar-refractivity contribution >= 4 is 40.1 Å². The summed E-state index contributed by atoms with van der Waals surface area (Å²) in [6.07, 6.45) is 7.18. The molecule has 1 N–H and O–H groups in total. The van der Waals surface area contributed by atoms with E-state index in [9.17, 15) is 9.59 Å². The third-order valence-electron chi connectivity index (χ3n) is 3.40. The molecule has 1 unspecified atom stereocenters. The van der Waals surface area contributed by atoms with Crippen LogP contribution < -0.4 is 10.1 Å². The second-order valence-corrected chi connectivity index (χ2v) is 6.00. The number of benzene rings is 1. The molecule has 0 bridgehead atoms. The van der Waals surface area contributed by atoms with Crippen molar-refractivity contribution < 1.29 is 14.3 Å². The van der Waals surface area contributed by atoms with Crippen LogP contribution in [0, 0.1) is 5.92 Å². The standard InChI is InChI=1S/C17H15N3O3S/c1-23-12-8-6-11(7-9-12)18-15(21)10-24-17-19-14-5-3-2-4-13(14)16(22)20-17/h2-9,13H,10H2,1H3,(H,18,21). The Bertz CT molecular complexity index is 779. The average molecular weight is 341 g/mol. The minimum atomic E-state index is -0.396. The molecule has 1 heterocycles. The van der Waals surface area contributed by atoms with Crippen LogP contribution in [0.5, 0.6) is 5.75 Å². The predicted octanol–water partition coefficient (Wildman–Crippen LogP) is 2.45. The molecule has 2 aliphatic rings. The third-order valence-corrected chi connectivity index (χ3v) is 4.25. The van der Waals surface area contributed by atoms with Crippen LogP contribution in [0.4, 0.5) is 5.69 Å². The summed E-state index contributed by atoms with van der Waals surface area (Å²) in [7, 11) is 1.58. The number of thioether (sulfide) groups is 1. The van der Waals surface area contributed by atoms with Crippen molar-refractivity contribution in [2.75, 3.05) is 18.2 Å². The lowest BCUT2D eigenvalue weighted by Crippen LogP contribution is -2.26. The number of rotatable bonds is 4. The highest BCUT2D eigenvalue weighted by molar-refractivity contribution is 8.14. The SMILES string of the molecule is COc1ccc(NC(=O)CSC2=NC(=O)C3C=CC=CC3=N2)cc1. The van der Waals surface area contributed by atoms with Gasteiger partial charge in [0.15, 0.2) is 5.17 Å². The molecule has 6 nitrogen and oxygen atoms in total. The van der Waals surface area contributed by atoms with E-state index in [0.29, 0.717) is 16.6 Å². The second-order valence-electron chi connectivity index (χ2n) is 5.06. The van der Waals surface area contributed by atoms with Crippen LogP contribution in [0.25, 0.3) is 0 Å². The highest BCUT2D eigenvalue weighted by atomic mass is 32.2. The number of nitrogens with one attached hydrogen (secondary N) is 1. The van der Waals surface area contributed by atoms with E-state index in [1.807, 2.05) is 6.08 Å². The van der Waals surface area contributed by atoms with Gasteiger partial charge in [-0.1, -0.05) is 30.0 Å². The number of allylic oxidation sites excluding steroid dienone is 3. The maximum Gasteiger partial charge on any atom is 0.261 e. The number of methoxy groups -OCH3 is 1. The van der Waals surface area contributed by atoms with Gasteiger partial charge >= 0.3 is 0 Å². The molecule has 0 fully saturated rings. The van der Waals surface area contributed by atoms with E-state index in [4.69, 9.17) is 4.74 Å². The fourth-order valence-electron chi connectivity index (χ4n) is 2.21. The molecule has 0 spiro atoms. The molecule has 1 aliphatic carbocycles. The zero-order valence-corrected chi connectivity index (χ0v) is 13.7.